The number of hydrogen-bond acceptors (Lipinski definition) is 3. The van der Waals surface area contributed by atoms with Gasteiger partial charge in [-0.3, -0.25) is 9.89 Å². The van der Waals surface area contributed by atoms with Gasteiger partial charge in [0.25, 0.3) is 0 Å². The van der Waals surface area contributed by atoms with Crippen LogP contribution in [0.4, 0.5) is 0 Å². The van der Waals surface area contributed by atoms with Crippen LogP contribution in [0, 0.1) is 0 Å². The molecule has 1 aliphatic carbocycles. The van der Waals surface area contributed by atoms with Crippen LogP contribution in [0.25, 0.3) is 0 Å². The van der Waals surface area contributed by atoms with Gasteiger partial charge in [-0.2, -0.15) is 0 Å². The summed E-state index contributed by atoms with van der Waals surface area (Å²) in [5.41, 5.74) is 1.27. The van der Waals surface area contributed by atoms with E-state index in [1.165, 1.54) is 18.4 Å². The molecule has 0 bridgehead atoms. The van der Waals surface area contributed by atoms with Gasteiger partial charge in [0.05, 0.1) is 6.61 Å². The molecule has 2 rings (SSSR count). The molecule has 1 aliphatic rings. The highest BCUT2D eigenvalue weighted by atomic mass is 79.9. The Kier molecular flexibility index (Phi) is 8.02. The third-order valence-corrected chi connectivity index (χ3v) is 4.76. The van der Waals surface area contributed by atoms with Crippen molar-refractivity contribution in [3.8, 4) is 0 Å². The number of benzene rings is 1. The van der Waals surface area contributed by atoms with Crippen LogP contribution >= 0.6 is 15.9 Å². The second kappa shape index (κ2) is 10.0. The van der Waals surface area contributed by atoms with Crippen molar-refractivity contribution in [1.29, 1.82) is 0 Å². The van der Waals surface area contributed by atoms with E-state index >= 15 is 0 Å². The van der Waals surface area contributed by atoms with Crippen LogP contribution in [0.3, 0.4) is 0 Å². The van der Waals surface area contributed by atoms with E-state index < -0.39 is 0 Å². The summed E-state index contributed by atoms with van der Waals surface area (Å²) < 4.78 is 6.32. The lowest BCUT2D eigenvalue weighted by atomic mass is 10.2. The molecule has 0 amide bonds. The summed E-state index contributed by atoms with van der Waals surface area (Å²) in [7, 11) is 5.67. The number of nitrogens with zero attached hydrogens (tertiary/aromatic N) is 3. The number of aliphatic imine (C=N–C) groups is 1. The number of methoxy groups -OCH3 is 1. The maximum Gasteiger partial charge on any atom is 0.193 e. The molecule has 0 radical (unpaired) electrons. The first kappa shape index (κ1) is 19.2. The van der Waals surface area contributed by atoms with Gasteiger partial charge in [-0.1, -0.05) is 28.1 Å². The third kappa shape index (κ3) is 6.42. The van der Waals surface area contributed by atoms with Gasteiger partial charge in [0, 0.05) is 57.9 Å². The zero-order chi connectivity index (χ0) is 17.4. The van der Waals surface area contributed by atoms with Crippen LogP contribution in [0.5, 0.6) is 0 Å². The average Bonchev–Trinajstić information content (AvgIpc) is 3.41. The lowest BCUT2D eigenvalue weighted by Crippen LogP contribution is -2.43. The second-order valence-electron chi connectivity index (χ2n) is 6.22. The highest BCUT2D eigenvalue weighted by Crippen LogP contribution is 2.25. The molecule has 1 N–H and O–H groups in total. The number of hydrogen-bond donors (Lipinski definition) is 1. The minimum absolute atomic E-state index is 0.754. The lowest BCUT2D eigenvalue weighted by Gasteiger charge is -2.25. The van der Waals surface area contributed by atoms with Gasteiger partial charge < -0.3 is 15.0 Å². The quantitative estimate of drug-likeness (QED) is 0.514. The molecule has 0 atom stereocenters. The van der Waals surface area contributed by atoms with Crippen molar-refractivity contribution in [2.24, 2.45) is 4.99 Å². The van der Waals surface area contributed by atoms with Gasteiger partial charge >= 0.3 is 0 Å². The van der Waals surface area contributed by atoms with Gasteiger partial charge in [0.2, 0.25) is 0 Å². The average molecular weight is 397 g/mol. The molecule has 0 unspecified atom stereocenters. The number of rotatable bonds is 9. The molecule has 1 aromatic rings. The molecule has 5 nitrogen and oxygen atoms in total. The van der Waals surface area contributed by atoms with Crippen molar-refractivity contribution < 1.29 is 4.74 Å². The van der Waals surface area contributed by atoms with Crippen molar-refractivity contribution in [3.05, 3.63) is 34.3 Å². The minimum atomic E-state index is 0.754. The van der Waals surface area contributed by atoms with E-state index in [1.54, 1.807) is 7.11 Å². The summed E-state index contributed by atoms with van der Waals surface area (Å²) in [6.07, 6.45) is 2.64. The van der Waals surface area contributed by atoms with Crippen LogP contribution in [0.15, 0.2) is 33.7 Å². The Labute approximate surface area is 154 Å². The van der Waals surface area contributed by atoms with E-state index in [1.807, 2.05) is 7.05 Å². The normalized spacial score (nSPS) is 15.0. The van der Waals surface area contributed by atoms with Crippen molar-refractivity contribution in [2.75, 3.05) is 47.4 Å². The summed E-state index contributed by atoms with van der Waals surface area (Å²) in [4.78, 5) is 9.07. The predicted octanol–water partition coefficient (Wildman–Crippen LogP) is 2.57. The highest BCUT2D eigenvalue weighted by molar-refractivity contribution is 9.10. The molecule has 24 heavy (non-hydrogen) atoms. The molecule has 0 aliphatic heterocycles. The molecular formula is C18H29BrN4O. The summed E-state index contributed by atoms with van der Waals surface area (Å²) in [5.74, 6) is 0.931. The number of nitrogens with one attached hydrogen (secondary N) is 1. The lowest BCUT2D eigenvalue weighted by molar-refractivity contribution is 0.144. The Morgan fingerprint density at radius 3 is 2.58 bits per heavy atom. The van der Waals surface area contributed by atoms with E-state index in [2.05, 4.69) is 67.4 Å². The molecule has 0 heterocycles. The standard InChI is InChI=1S/C18H29BrN4O/c1-20-18(22(2)14-15-4-6-16(19)7-5-15)21-10-11-23(12-13-24-3)17-8-9-17/h4-7,17H,8-14H2,1-3H3,(H,20,21). The first-order valence-corrected chi connectivity index (χ1v) is 9.32. The molecule has 1 aromatic carbocycles. The minimum Gasteiger partial charge on any atom is -0.383 e. The number of guanidine groups is 1. The maximum atomic E-state index is 5.21. The van der Waals surface area contributed by atoms with Gasteiger partial charge in [-0.25, -0.2) is 0 Å². The van der Waals surface area contributed by atoms with Crippen LogP contribution in [-0.2, 0) is 11.3 Å². The summed E-state index contributed by atoms with van der Waals surface area (Å²) >= 11 is 3.47. The van der Waals surface area contributed by atoms with Gasteiger partial charge in [-0.05, 0) is 30.5 Å². The molecule has 1 fully saturated rings. The fraction of sp³-hybridized carbons (Fsp3) is 0.611. The molecule has 6 heteroatoms. The fourth-order valence-electron chi connectivity index (χ4n) is 2.76. The van der Waals surface area contributed by atoms with Gasteiger partial charge in [0.1, 0.15) is 0 Å². The monoisotopic (exact) mass is 396 g/mol. The zero-order valence-electron chi connectivity index (χ0n) is 15.0. The Morgan fingerprint density at radius 2 is 2.00 bits per heavy atom. The van der Waals surface area contributed by atoms with E-state index in [-0.39, 0.29) is 0 Å². The van der Waals surface area contributed by atoms with Crippen molar-refractivity contribution >= 4 is 21.9 Å². The van der Waals surface area contributed by atoms with E-state index in [4.69, 9.17) is 4.74 Å². The van der Waals surface area contributed by atoms with E-state index in [0.717, 1.165) is 49.3 Å². The smallest absolute Gasteiger partial charge is 0.193 e. The first-order valence-electron chi connectivity index (χ1n) is 8.53. The zero-order valence-corrected chi connectivity index (χ0v) is 16.6. The number of ether oxygens (including phenoxy) is 1. The SMILES string of the molecule is CN=C(NCCN(CCOC)C1CC1)N(C)Cc1ccc(Br)cc1. The predicted molar refractivity (Wildman–Crippen MR) is 103 cm³/mol. The topological polar surface area (TPSA) is 40.1 Å². The Morgan fingerprint density at radius 1 is 1.29 bits per heavy atom. The maximum absolute atomic E-state index is 5.21. The van der Waals surface area contributed by atoms with E-state index in [9.17, 15) is 0 Å². The van der Waals surface area contributed by atoms with Gasteiger partial charge in [0.15, 0.2) is 5.96 Å². The van der Waals surface area contributed by atoms with Crippen molar-refractivity contribution in [2.45, 2.75) is 25.4 Å². The Balaban J connectivity index is 1.77. The van der Waals surface area contributed by atoms with Crippen molar-refractivity contribution in [3.63, 3.8) is 0 Å². The fourth-order valence-corrected chi connectivity index (χ4v) is 3.02. The molecule has 0 aromatic heterocycles. The molecule has 1 saturated carbocycles. The Hall–Kier alpha value is -1.11. The summed E-state index contributed by atoms with van der Waals surface area (Å²) in [6, 6.07) is 9.16. The van der Waals surface area contributed by atoms with Crippen molar-refractivity contribution in [1.82, 2.24) is 15.1 Å². The first-order chi connectivity index (χ1) is 11.6. The van der Waals surface area contributed by atoms with Crippen LogP contribution < -0.4 is 5.32 Å². The molecule has 134 valence electrons. The summed E-state index contributed by atoms with van der Waals surface area (Å²) in [5, 5.41) is 3.47. The molecular weight excluding hydrogens is 368 g/mol. The summed E-state index contributed by atoms with van der Waals surface area (Å²) in [6.45, 7) is 4.57. The highest BCUT2D eigenvalue weighted by Gasteiger charge is 2.28. The van der Waals surface area contributed by atoms with Crippen LogP contribution in [-0.4, -0.2) is 69.2 Å². The Bertz CT molecular complexity index is 516. The third-order valence-electron chi connectivity index (χ3n) is 4.23. The molecule has 0 spiro atoms. The van der Waals surface area contributed by atoms with Gasteiger partial charge in [-0.15, -0.1) is 0 Å². The van der Waals surface area contributed by atoms with E-state index in [0.29, 0.717) is 0 Å². The van der Waals surface area contributed by atoms with Crippen LogP contribution in [0.2, 0.25) is 0 Å². The second-order valence-corrected chi connectivity index (χ2v) is 7.13. The van der Waals surface area contributed by atoms with Crippen LogP contribution in [0.1, 0.15) is 18.4 Å². The largest absolute Gasteiger partial charge is 0.383 e. The number of halogens is 1. The molecule has 0 saturated heterocycles.